The first-order valence-corrected chi connectivity index (χ1v) is 9.05. The first-order valence-electron chi connectivity index (χ1n) is 8.67. The average Bonchev–Trinajstić information content (AvgIpc) is 3.05. The minimum absolute atomic E-state index is 0.0801. The summed E-state index contributed by atoms with van der Waals surface area (Å²) in [6.07, 6.45) is 0.733. The lowest BCUT2D eigenvalue weighted by Crippen LogP contribution is -2.42. The smallest absolute Gasteiger partial charge is 0.408 e. The topological polar surface area (TPSA) is 113 Å². The predicted molar refractivity (Wildman–Crippen MR) is 106 cm³/mol. The van der Waals surface area contributed by atoms with Gasteiger partial charge in [-0.3, -0.25) is 14.7 Å². The van der Waals surface area contributed by atoms with Crippen molar-refractivity contribution in [2.45, 2.75) is 45.8 Å². The summed E-state index contributed by atoms with van der Waals surface area (Å²) in [5.41, 5.74) is -0.0264. The second-order valence-corrected chi connectivity index (χ2v) is 7.62. The number of aromatic amines is 1. The van der Waals surface area contributed by atoms with Gasteiger partial charge in [-0.25, -0.2) is 4.79 Å². The molecule has 1 atom stereocenters. The summed E-state index contributed by atoms with van der Waals surface area (Å²) < 4.78 is 5.15. The van der Waals surface area contributed by atoms with Gasteiger partial charge in [-0.15, -0.1) is 0 Å². The number of nitrogens with zero attached hydrogens (tertiary/aromatic N) is 1. The van der Waals surface area contributed by atoms with Gasteiger partial charge in [0.1, 0.15) is 11.4 Å². The molecule has 1 aromatic carbocycles. The van der Waals surface area contributed by atoms with E-state index in [1.54, 1.807) is 52.0 Å². The van der Waals surface area contributed by atoms with Gasteiger partial charge in [0.2, 0.25) is 0 Å². The number of hydrogen-bond acceptors (Lipinski definition) is 5. The predicted octanol–water partition coefficient (Wildman–Crippen LogP) is 3.34. The van der Waals surface area contributed by atoms with Crippen LogP contribution in [0, 0.1) is 0 Å². The molecular formula is C19H23ClN4O4. The van der Waals surface area contributed by atoms with Crippen LogP contribution in [0.2, 0.25) is 5.02 Å². The number of hydrogen-bond donors (Lipinski definition) is 3. The fraction of sp³-hybridized carbons (Fsp3) is 0.368. The van der Waals surface area contributed by atoms with Crippen molar-refractivity contribution in [2.24, 2.45) is 0 Å². The second kappa shape index (κ2) is 8.88. The molecule has 2 aromatic rings. The quantitative estimate of drug-likeness (QED) is 0.680. The number of ketones is 1. The van der Waals surface area contributed by atoms with E-state index in [4.69, 9.17) is 16.3 Å². The van der Waals surface area contributed by atoms with Crippen molar-refractivity contribution in [3.05, 3.63) is 46.6 Å². The highest BCUT2D eigenvalue weighted by Crippen LogP contribution is 2.22. The zero-order valence-electron chi connectivity index (χ0n) is 16.1. The number of aromatic nitrogens is 2. The molecule has 150 valence electrons. The number of carbonyl (C=O) groups excluding carboxylic acids is 3. The van der Waals surface area contributed by atoms with Gasteiger partial charge in [-0.1, -0.05) is 23.7 Å². The number of H-pyrrole nitrogens is 1. The molecule has 0 saturated carbocycles. The highest BCUT2D eigenvalue weighted by molar-refractivity contribution is 6.34. The Morgan fingerprint density at radius 2 is 1.96 bits per heavy atom. The van der Waals surface area contributed by atoms with Crippen LogP contribution in [0.5, 0.6) is 0 Å². The van der Waals surface area contributed by atoms with Crippen LogP contribution < -0.4 is 10.6 Å². The normalized spacial score (nSPS) is 12.2. The highest BCUT2D eigenvalue weighted by Gasteiger charge is 2.23. The molecule has 9 heteroatoms. The van der Waals surface area contributed by atoms with Crippen LogP contribution in [0.1, 0.15) is 43.6 Å². The number of ether oxygens (including phenoxy) is 1. The molecule has 3 N–H and O–H groups in total. The summed E-state index contributed by atoms with van der Waals surface area (Å²) in [6, 6.07) is 5.67. The Kier molecular flexibility index (Phi) is 6.80. The molecular weight excluding hydrogens is 384 g/mol. The van der Waals surface area contributed by atoms with Crippen molar-refractivity contribution in [1.29, 1.82) is 0 Å². The van der Waals surface area contributed by atoms with E-state index >= 15 is 0 Å². The van der Waals surface area contributed by atoms with E-state index < -0.39 is 23.6 Å². The number of halogens is 1. The number of rotatable bonds is 6. The summed E-state index contributed by atoms with van der Waals surface area (Å²) in [6.45, 7) is 6.75. The van der Waals surface area contributed by atoms with Gasteiger partial charge in [-0.2, -0.15) is 5.10 Å². The van der Waals surface area contributed by atoms with E-state index in [1.807, 2.05) is 0 Å². The molecule has 0 aliphatic carbocycles. The van der Waals surface area contributed by atoms with Gasteiger partial charge < -0.3 is 15.4 Å². The van der Waals surface area contributed by atoms with Crippen LogP contribution in [0.4, 0.5) is 10.6 Å². The van der Waals surface area contributed by atoms with Crippen LogP contribution >= 0.6 is 11.6 Å². The number of nitrogens with one attached hydrogen (secondary N) is 3. The van der Waals surface area contributed by atoms with Crippen molar-refractivity contribution in [3.63, 3.8) is 0 Å². The monoisotopic (exact) mass is 406 g/mol. The van der Waals surface area contributed by atoms with Gasteiger partial charge >= 0.3 is 6.09 Å². The standard InChI is InChI=1S/C19H23ClN4O4/c1-11(22-18(27)28-19(2,3)4)14(25)10-12-6-5-7-13(20)16(12)17(26)23-15-8-9-21-24-15/h5-9,11H,10H2,1-4H3,(H,22,27)(H2,21,23,24,26)/t11-/m0/s1. The molecule has 2 amide bonds. The molecule has 1 heterocycles. The average molecular weight is 407 g/mol. The maximum absolute atomic E-state index is 12.6. The zero-order valence-corrected chi connectivity index (χ0v) is 16.9. The first-order chi connectivity index (χ1) is 13.1. The molecule has 0 fully saturated rings. The van der Waals surface area contributed by atoms with Crippen molar-refractivity contribution >= 4 is 35.2 Å². The van der Waals surface area contributed by atoms with Crippen LogP contribution in [0.15, 0.2) is 30.5 Å². The van der Waals surface area contributed by atoms with Gasteiger partial charge in [-0.05, 0) is 39.3 Å². The van der Waals surface area contributed by atoms with Gasteiger partial charge in [0, 0.05) is 12.5 Å². The maximum Gasteiger partial charge on any atom is 0.408 e. The molecule has 0 bridgehead atoms. The summed E-state index contributed by atoms with van der Waals surface area (Å²) in [4.78, 5) is 37.0. The SMILES string of the molecule is C[C@H](NC(=O)OC(C)(C)C)C(=O)Cc1cccc(Cl)c1C(=O)Nc1ccn[nH]1. The molecule has 0 spiro atoms. The van der Waals surface area contributed by atoms with Crippen LogP contribution in [-0.4, -0.2) is 39.6 Å². The summed E-state index contributed by atoms with van der Waals surface area (Å²) in [7, 11) is 0. The third kappa shape index (κ3) is 6.09. The highest BCUT2D eigenvalue weighted by atomic mass is 35.5. The third-order valence-corrected chi connectivity index (χ3v) is 3.97. The molecule has 28 heavy (non-hydrogen) atoms. The van der Waals surface area contributed by atoms with Crippen molar-refractivity contribution in [1.82, 2.24) is 15.5 Å². The molecule has 0 aliphatic rings. The van der Waals surface area contributed by atoms with Crippen molar-refractivity contribution < 1.29 is 19.1 Å². The summed E-state index contributed by atoms with van der Waals surface area (Å²) in [5, 5.41) is 11.7. The summed E-state index contributed by atoms with van der Waals surface area (Å²) in [5.74, 6) is -0.351. The minimum atomic E-state index is -0.794. The lowest BCUT2D eigenvalue weighted by atomic mass is 9.99. The molecule has 1 aromatic heterocycles. The molecule has 0 saturated heterocycles. The Labute approximate surface area is 168 Å². The Bertz CT molecular complexity index is 859. The van der Waals surface area contributed by atoms with Gasteiger partial charge in [0.25, 0.3) is 5.91 Å². The number of anilines is 1. The van der Waals surface area contributed by atoms with E-state index in [-0.39, 0.29) is 22.8 Å². The number of alkyl carbamates (subject to hydrolysis) is 1. The van der Waals surface area contributed by atoms with Crippen molar-refractivity contribution in [3.8, 4) is 0 Å². The Hall–Kier alpha value is -2.87. The Morgan fingerprint density at radius 3 is 2.57 bits per heavy atom. The lowest BCUT2D eigenvalue weighted by molar-refractivity contribution is -0.120. The van der Waals surface area contributed by atoms with Crippen LogP contribution in [-0.2, 0) is 16.0 Å². The second-order valence-electron chi connectivity index (χ2n) is 7.21. The molecule has 0 unspecified atom stereocenters. The van der Waals surface area contributed by atoms with Crippen LogP contribution in [0.3, 0.4) is 0 Å². The maximum atomic E-state index is 12.6. The molecule has 0 radical (unpaired) electrons. The first kappa shape index (κ1) is 21.4. The lowest BCUT2D eigenvalue weighted by Gasteiger charge is -2.21. The van der Waals surface area contributed by atoms with E-state index in [0.29, 0.717) is 11.4 Å². The van der Waals surface area contributed by atoms with Gasteiger partial charge in [0.05, 0.1) is 22.8 Å². The van der Waals surface area contributed by atoms with Gasteiger partial charge in [0.15, 0.2) is 5.78 Å². The fourth-order valence-electron chi connectivity index (χ4n) is 2.39. The fourth-order valence-corrected chi connectivity index (χ4v) is 2.67. The number of benzene rings is 1. The number of Topliss-reactive ketones (excluding diaryl/α,β-unsaturated/α-hetero) is 1. The zero-order chi connectivity index (χ0) is 20.9. The van der Waals surface area contributed by atoms with E-state index in [0.717, 1.165) is 0 Å². The number of amides is 2. The Balaban J connectivity index is 2.10. The van der Waals surface area contributed by atoms with E-state index in [1.165, 1.54) is 6.20 Å². The Morgan fingerprint density at radius 1 is 1.25 bits per heavy atom. The minimum Gasteiger partial charge on any atom is -0.444 e. The van der Waals surface area contributed by atoms with Crippen LogP contribution in [0.25, 0.3) is 0 Å². The molecule has 8 nitrogen and oxygen atoms in total. The van der Waals surface area contributed by atoms with Crippen molar-refractivity contribution in [2.75, 3.05) is 5.32 Å². The van der Waals surface area contributed by atoms with E-state index in [2.05, 4.69) is 20.8 Å². The summed E-state index contributed by atoms with van der Waals surface area (Å²) >= 11 is 6.20. The molecule has 0 aliphatic heterocycles. The largest absolute Gasteiger partial charge is 0.444 e. The third-order valence-electron chi connectivity index (χ3n) is 3.66. The van der Waals surface area contributed by atoms with E-state index in [9.17, 15) is 14.4 Å². The molecule has 2 rings (SSSR count). The number of carbonyl (C=O) groups is 3.